The number of halogens is 2. The van der Waals surface area contributed by atoms with Crippen LogP contribution in [0.2, 0.25) is 0 Å². The maximum atomic E-state index is 13.6. The second-order valence-electron chi connectivity index (χ2n) is 4.12. The third-order valence-corrected chi connectivity index (χ3v) is 3.20. The molecular formula is C15H11BrFNO. The van der Waals surface area contributed by atoms with Gasteiger partial charge in [-0.2, -0.15) is 5.26 Å². The molecule has 0 aliphatic carbocycles. The number of nitrogens with zero attached hydrogens (tertiary/aromatic N) is 1. The summed E-state index contributed by atoms with van der Waals surface area (Å²) in [4.78, 5) is 0. The summed E-state index contributed by atoms with van der Waals surface area (Å²) in [6.45, 7) is 2.01. The van der Waals surface area contributed by atoms with Gasteiger partial charge in [-0.15, -0.1) is 0 Å². The monoisotopic (exact) mass is 319 g/mol. The minimum Gasteiger partial charge on any atom is -0.488 e. The second-order valence-corrected chi connectivity index (χ2v) is 5.03. The van der Waals surface area contributed by atoms with Crippen molar-refractivity contribution >= 4 is 15.9 Å². The van der Waals surface area contributed by atoms with Crippen LogP contribution in [0.3, 0.4) is 0 Å². The summed E-state index contributed by atoms with van der Waals surface area (Å²) in [6.07, 6.45) is 0. The third-order valence-electron chi connectivity index (χ3n) is 2.71. The average molecular weight is 320 g/mol. The van der Waals surface area contributed by atoms with Crippen molar-refractivity contribution < 1.29 is 9.13 Å². The molecule has 2 aromatic rings. The van der Waals surface area contributed by atoms with Crippen molar-refractivity contribution in [3.05, 3.63) is 63.4 Å². The molecule has 0 atom stereocenters. The van der Waals surface area contributed by atoms with E-state index in [1.807, 2.05) is 13.0 Å². The summed E-state index contributed by atoms with van der Waals surface area (Å²) in [7, 11) is 0. The van der Waals surface area contributed by atoms with Gasteiger partial charge in [-0.05, 0) is 42.8 Å². The molecule has 96 valence electrons. The van der Waals surface area contributed by atoms with E-state index in [-0.39, 0.29) is 12.4 Å². The molecule has 0 aliphatic heterocycles. The zero-order valence-electron chi connectivity index (χ0n) is 10.3. The molecule has 2 aromatic carbocycles. The predicted octanol–water partition coefficient (Wildman–Crippen LogP) is 4.35. The van der Waals surface area contributed by atoms with Crippen LogP contribution >= 0.6 is 15.9 Å². The van der Waals surface area contributed by atoms with E-state index in [9.17, 15) is 4.39 Å². The van der Waals surface area contributed by atoms with E-state index in [4.69, 9.17) is 10.00 Å². The van der Waals surface area contributed by atoms with Crippen molar-refractivity contribution in [2.75, 3.05) is 0 Å². The SMILES string of the molecule is Cc1ccc(C#N)cc1OCc1cc(Br)ccc1F. The summed E-state index contributed by atoms with van der Waals surface area (Å²) in [5.41, 5.74) is 1.90. The summed E-state index contributed by atoms with van der Waals surface area (Å²) in [6, 6.07) is 12.0. The quantitative estimate of drug-likeness (QED) is 0.842. The van der Waals surface area contributed by atoms with E-state index < -0.39 is 0 Å². The molecule has 19 heavy (non-hydrogen) atoms. The van der Waals surface area contributed by atoms with Crippen LogP contribution in [0.15, 0.2) is 40.9 Å². The van der Waals surface area contributed by atoms with E-state index >= 15 is 0 Å². The highest BCUT2D eigenvalue weighted by Gasteiger charge is 2.06. The molecule has 0 unspecified atom stereocenters. The van der Waals surface area contributed by atoms with Gasteiger partial charge in [-0.3, -0.25) is 0 Å². The van der Waals surface area contributed by atoms with Crippen LogP contribution in [-0.2, 0) is 6.61 Å². The Balaban J connectivity index is 2.19. The van der Waals surface area contributed by atoms with Gasteiger partial charge in [0.2, 0.25) is 0 Å². The molecule has 0 spiro atoms. The number of ether oxygens (including phenoxy) is 1. The molecule has 0 fully saturated rings. The Morgan fingerprint density at radius 1 is 1.26 bits per heavy atom. The zero-order chi connectivity index (χ0) is 13.8. The molecule has 0 heterocycles. The topological polar surface area (TPSA) is 33.0 Å². The lowest BCUT2D eigenvalue weighted by Gasteiger charge is -2.10. The lowest BCUT2D eigenvalue weighted by molar-refractivity contribution is 0.297. The van der Waals surface area contributed by atoms with Gasteiger partial charge in [0.05, 0.1) is 11.6 Å². The number of benzene rings is 2. The van der Waals surface area contributed by atoms with Crippen LogP contribution in [0.25, 0.3) is 0 Å². The van der Waals surface area contributed by atoms with Crippen LogP contribution in [0, 0.1) is 24.1 Å². The first kappa shape index (κ1) is 13.6. The van der Waals surface area contributed by atoms with Gasteiger partial charge in [-0.1, -0.05) is 22.0 Å². The lowest BCUT2D eigenvalue weighted by atomic mass is 10.1. The molecule has 2 rings (SSSR count). The molecule has 0 saturated heterocycles. The fourth-order valence-corrected chi connectivity index (χ4v) is 2.04. The van der Waals surface area contributed by atoms with Crippen molar-refractivity contribution in [3.8, 4) is 11.8 Å². The average Bonchev–Trinajstić information content (AvgIpc) is 2.41. The molecule has 0 radical (unpaired) electrons. The Bertz CT molecular complexity index is 649. The summed E-state index contributed by atoms with van der Waals surface area (Å²) in [5.74, 6) is 0.288. The second kappa shape index (κ2) is 5.85. The number of hydrogen-bond acceptors (Lipinski definition) is 2. The van der Waals surface area contributed by atoms with Crippen LogP contribution in [0.4, 0.5) is 4.39 Å². The Labute approximate surface area is 119 Å². The number of hydrogen-bond donors (Lipinski definition) is 0. The minimum absolute atomic E-state index is 0.126. The maximum absolute atomic E-state index is 13.6. The molecule has 0 saturated carbocycles. The van der Waals surface area contributed by atoms with Crippen LogP contribution in [0.5, 0.6) is 5.75 Å². The van der Waals surface area contributed by atoms with Crippen molar-refractivity contribution in [3.63, 3.8) is 0 Å². The number of nitriles is 1. The highest BCUT2D eigenvalue weighted by molar-refractivity contribution is 9.10. The highest BCUT2D eigenvalue weighted by atomic mass is 79.9. The summed E-state index contributed by atoms with van der Waals surface area (Å²) < 4.78 is 20.0. The molecule has 0 aromatic heterocycles. The maximum Gasteiger partial charge on any atom is 0.129 e. The smallest absolute Gasteiger partial charge is 0.129 e. The fraction of sp³-hybridized carbons (Fsp3) is 0.133. The Morgan fingerprint density at radius 2 is 2.05 bits per heavy atom. The first-order chi connectivity index (χ1) is 9.10. The van der Waals surface area contributed by atoms with Crippen LogP contribution in [-0.4, -0.2) is 0 Å². The van der Waals surface area contributed by atoms with Gasteiger partial charge >= 0.3 is 0 Å². The van der Waals surface area contributed by atoms with E-state index in [2.05, 4.69) is 22.0 Å². The van der Waals surface area contributed by atoms with Gasteiger partial charge in [0, 0.05) is 10.0 Å². The van der Waals surface area contributed by atoms with Gasteiger partial charge in [0.1, 0.15) is 18.2 Å². The summed E-state index contributed by atoms with van der Waals surface area (Å²) in [5, 5.41) is 8.85. The van der Waals surface area contributed by atoms with E-state index in [1.54, 1.807) is 24.3 Å². The van der Waals surface area contributed by atoms with Crippen LogP contribution < -0.4 is 4.74 Å². The largest absolute Gasteiger partial charge is 0.488 e. The molecule has 0 bridgehead atoms. The van der Waals surface area contributed by atoms with E-state index in [0.29, 0.717) is 16.9 Å². The normalized spacial score (nSPS) is 10.0. The Hall–Kier alpha value is -1.86. The Kier molecular flexibility index (Phi) is 4.18. The van der Waals surface area contributed by atoms with Gasteiger partial charge in [0.25, 0.3) is 0 Å². The van der Waals surface area contributed by atoms with Crippen LogP contribution in [0.1, 0.15) is 16.7 Å². The lowest BCUT2D eigenvalue weighted by Crippen LogP contribution is -2.00. The Morgan fingerprint density at radius 3 is 2.79 bits per heavy atom. The third kappa shape index (κ3) is 3.33. The molecule has 0 amide bonds. The van der Waals surface area contributed by atoms with Crippen molar-refractivity contribution in [2.45, 2.75) is 13.5 Å². The molecule has 0 aliphatic rings. The number of rotatable bonds is 3. The van der Waals surface area contributed by atoms with Gasteiger partial charge < -0.3 is 4.74 Å². The molecule has 4 heteroatoms. The van der Waals surface area contributed by atoms with Crippen molar-refractivity contribution in [1.29, 1.82) is 5.26 Å². The van der Waals surface area contributed by atoms with E-state index in [1.165, 1.54) is 6.07 Å². The summed E-state index contributed by atoms with van der Waals surface area (Å²) >= 11 is 3.29. The number of aryl methyl sites for hydroxylation is 1. The standard InChI is InChI=1S/C15H11BrFNO/c1-10-2-3-11(8-18)6-15(10)19-9-12-7-13(16)4-5-14(12)17/h2-7H,9H2,1H3. The zero-order valence-corrected chi connectivity index (χ0v) is 11.9. The van der Waals surface area contributed by atoms with Gasteiger partial charge in [-0.25, -0.2) is 4.39 Å². The van der Waals surface area contributed by atoms with Crippen molar-refractivity contribution in [1.82, 2.24) is 0 Å². The van der Waals surface area contributed by atoms with E-state index in [0.717, 1.165) is 10.0 Å². The van der Waals surface area contributed by atoms with Gasteiger partial charge in [0.15, 0.2) is 0 Å². The first-order valence-corrected chi connectivity index (χ1v) is 6.47. The minimum atomic E-state index is -0.308. The van der Waals surface area contributed by atoms with Crippen molar-refractivity contribution in [2.24, 2.45) is 0 Å². The molecule has 0 N–H and O–H groups in total. The molecular weight excluding hydrogens is 309 g/mol. The molecule has 2 nitrogen and oxygen atoms in total. The predicted molar refractivity (Wildman–Crippen MR) is 74.3 cm³/mol. The fourth-order valence-electron chi connectivity index (χ4n) is 1.63. The highest BCUT2D eigenvalue weighted by Crippen LogP contribution is 2.22. The first-order valence-electron chi connectivity index (χ1n) is 5.67.